The van der Waals surface area contributed by atoms with Gasteiger partial charge in [0.2, 0.25) is 23.6 Å². The Hall–Kier alpha value is -0.720. The van der Waals surface area contributed by atoms with Gasteiger partial charge in [-0.2, -0.15) is 23.5 Å². The number of hydrogen-bond acceptors (Lipinski definition) is 13. The van der Waals surface area contributed by atoms with Gasteiger partial charge in [-0.3, -0.25) is 28.8 Å². The third kappa shape index (κ3) is 22.6. The molecule has 4 N–H and O–H groups in total. The molecule has 17 heteroatoms. The molecular weight excluding hydrogens is 793 g/mol. The standard InChI is InChI=1S/C36H64N4O7S6/c1-7-26(35(45)39-14-18-50-52-23-27(8-2)33(43)37-5)21-48-31-10-11-32(31)49-22-29(20-30(42)13-17-47-16-12-25(4)41)36(46)40-15-19-51-53-24-28(9-3)34(44)38-6/h26-29,31-32H,7-24H2,1-6H3,(H,37,43)(H,38,44)(H,39,45)(H,40,46). The second kappa shape index (κ2) is 31.4. The molecule has 1 aliphatic rings. The molecule has 1 saturated carbocycles. The van der Waals surface area contributed by atoms with Crippen molar-refractivity contribution < 1.29 is 33.5 Å². The Labute approximate surface area is 342 Å². The molecule has 4 amide bonds. The summed E-state index contributed by atoms with van der Waals surface area (Å²) in [4.78, 5) is 74.1. The zero-order chi connectivity index (χ0) is 39.4. The lowest BCUT2D eigenvalue weighted by Crippen LogP contribution is -2.38. The van der Waals surface area contributed by atoms with Crippen LogP contribution in [0.5, 0.6) is 0 Å². The highest BCUT2D eigenvalue weighted by molar-refractivity contribution is 8.77. The maximum Gasteiger partial charge on any atom is 0.224 e. The van der Waals surface area contributed by atoms with Crippen LogP contribution in [0.3, 0.4) is 0 Å². The van der Waals surface area contributed by atoms with E-state index >= 15 is 0 Å². The number of hydrogen-bond donors (Lipinski definition) is 4. The number of carbonyl (C=O) groups excluding carboxylic acids is 6. The summed E-state index contributed by atoms with van der Waals surface area (Å²) in [7, 11) is 9.92. The molecule has 6 atom stereocenters. The van der Waals surface area contributed by atoms with Crippen molar-refractivity contribution in [2.45, 2.75) is 89.6 Å². The minimum absolute atomic E-state index is 0.00361. The fraction of sp³-hybridized carbons (Fsp3) is 0.833. The molecule has 6 unspecified atom stereocenters. The van der Waals surface area contributed by atoms with E-state index in [1.807, 2.05) is 32.5 Å². The van der Waals surface area contributed by atoms with Gasteiger partial charge >= 0.3 is 0 Å². The number of carbonyl (C=O) groups is 6. The maximum atomic E-state index is 13.3. The number of rotatable bonds is 33. The molecule has 0 aromatic rings. The van der Waals surface area contributed by atoms with Gasteiger partial charge in [0, 0.05) is 109 Å². The van der Waals surface area contributed by atoms with E-state index in [0.717, 1.165) is 49.4 Å². The van der Waals surface area contributed by atoms with Crippen LogP contribution in [0.4, 0.5) is 0 Å². The maximum absolute atomic E-state index is 13.3. The van der Waals surface area contributed by atoms with Crippen LogP contribution in [0.2, 0.25) is 0 Å². The van der Waals surface area contributed by atoms with Crippen molar-refractivity contribution >= 4 is 102 Å². The highest BCUT2D eigenvalue weighted by Crippen LogP contribution is 2.42. The Morgan fingerprint density at radius 2 is 1.04 bits per heavy atom. The van der Waals surface area contributed by atoms with Gasteiger partial charge in [0.1, 0.15) is 11.6 Å². The molecule has 0 aliphatic heterocycles. The van der Waals surface area contributed by atoms with E-state index in [0.29, 0.717) is 53.9 Å². The highest BCUT2D eigenvalue weighted by Gasteiger charge is 2.34. The van der Waals surface area contributed by atoms with Gasteiger partial charge in [-0.15, -0.1) is 0 Å². The average molecular weight is 857 g/mol. The van der Waals surface area contributed by atoms with Crippen molar-refractivity contribution in [2.75, 3.05) is 74.9 Å². The molecule has 0 aromatic heterocycles. The average Bonchev–Trinajstić information content (AvgIpc) is 3.13. The molecule has 306 valence electrons. The summed E-state index contributed by atoms with van der Waals surface area (Å²) < 4.78 is 5.45. The summed E-state index contributed by atoms with van der Waals surface area (Å²) in [5.41, 5.74) is 0. The highest BCUT2D eigenvalue weighted by atomic mass is 33.1. The first-order valence-corrected chi connectivity index (χ1v) is 25.9. The number of thioether (sulfide) groups is 2. The van der Waals surface area contributed by atoms with Crippen molar-refractivity contribution in [3.63, 3.8) is 0 Å². The fourth-order valence-corrected chi connectivity index (χ4v) is 13.1. The number of amides is 4. The molecule has 53 heavy (non-hydrogen) atoms. The van der Waals surface area contributed by atoms with E-state index in [4.69, 9.17) is 4.74 Å². The second-order valence-corrected chi connectivity index (χ2v) is 20.7. The molecule has 1 fully saturated rings. The Kier molecular flexibility index (Phi) is 29.8. The summed E-state index contributed by atoms with van der Waals surface area (Å²) in [5.74, 6) is 3.79. The Morgan fingerprint density at radius 3 is 1.47 bits per heavy atom. The number of ketones is 2. The van der Waals surface area contributed by atoms with Crippen LogP contribution in [-0.2, 0) is 33.5 Å². The van der Waals surface area contributed by atoms with E-state index in [-0.39, 0.29) is 72.4 Å². The first-order valence-electron chi connectivity index (χ1n) is 18.8. The number of ether oxygens (including phenoxy) is 1. The summed E-state index contributed by atoms with van der Waals surface area (Å²) in [5, 5.41) is 12.3. The molecule has 0 aromatic carbocycles. The lowest BCUT2D eigenvalue weighted by atomic mass is 9.99. The molecule has 0 spiro atoms. The first kappa shape index (κ1) is 50.3. The van der Waals surface area contributed by atoms with Crippen LogP contribution < -0.4 is 21.3 Å². The van der Waals surface area contributed by atoms with Gasteiger partial charge in [-0.05, 0) is 39.0 Å². The zero-order valence-corrected chi connectivity index (χ0v) is 37.4. The van der Waals surface area contributed by atoms with Gasteiger partial charge in [-0.1, -0.05) is 63.9 Å². The van der Waals surface area contributed by atoms with Crippen molar-refractivity contribution in [3.8, 4) is 0 Å². The third-order valence-corrected chi connectivity index (χ3v) is 17.2. The Morgan fingerprint density at radius 1 is 0.604 bits per heavy atom. The monoisotopic (exact) mass is 856 g/mol. The van der Waals surface area contributed by atoms with E-state index < -0.39 is 5.92 Å². The second-order valence-electron chi connectivity index (χ2n) is 12.9. The van der Waals surface area contributed by atoms with Crippen molar-refractivity contribution in [1.82, 2.24) is 21.3 Å². The predicted molar refractivity (Wildman–Crippen MR) is 231 cm³/mol. The van der Waals surface area contributed by atoms with Crippen molar-refractivity contribution in [2.24, 2.45) is 23.7 Å². The lowest BCUT2D eigenvalue weighted by molar-refractivity contribution is -0.129. The fourth-order valence-electron chi connectivity index (χ4n) is 5.05. The molecule has 0 bridgehead atoms. The summed E-state index contributed by atoms with van der Waals surface area (Å²) in [6.07, 6.45) is 5.14. The minimum atomic E-state index is -0.451. The molecule has 0 heterocycles. The number of nitrogens with one attached hydrogen (secondary N) is 4. The zero-order valence-electron chi connectivity index (χ0n) is 32.5. The summed E-state index contributed by atoms with van der Waals surface area (Å²) in [6.45, 7) is 9.17. The van der Waals surface area contributed by atoms with Gasteiger partial charge in [0.15, 0.2) is 0 Å². The molecular formula is C36H64N4O7S6. The lowest BCUT2D eigenvalue weighted by Gasteiger charge is -2.37. The largest absolute Gasteiger partial charge is 0.381 e. The van der Waals surface area contributed by atoms with Crippen LogP contribution in [-0.4, -0.2) is 121 Å². The molecule has 11 nitrogen and oxygen atoms in total. The van der Waals surface area contributed by atoms with Crippen LogP contribution in [0.1, 0.15) is 79.1 Å². The molecule has 1 rings (SSSR count). The van der Waals surface area contributed by atoms with Crippen molar-refractivity contribution in [1.29, 1.82) is 0 Å². The molecule has 1 aliphatic carbocycles. The number of Topliss-reactive ketones (excluding diaryl/α,β-unsaturated/α-hetero) is 2. The van der Waals surface area contributed by atoms with Gasteiger partial charge in [-0.25, -0.2) is 0 Å². The van der Waals surface area contributed by atoms with Gasteiger partial charge in [0.25, 0.3) is 0 Å². The normalized spacial score (nSPS) is 17.5. The Balaban J connectivity index is 2.55. The molecule has 0 saturated heterocycles. The molecule has 0 radical (unpaired) electrons. The van der Waals surface area contributed by atoms with E-state index in [1.54, 1.807) is 69.0 Å². The Bertz CT molecular complexity index is 1110. The summed E-state index contributed by atoms with van der Waals surface area (Å²) >= 11 is 3.60. The quantitative estimate of drug-likeness (QED) is 0.0484. The van der Waals surface area contributed by atoms with Crippen LogP contribution in [0.15, 0.2) is 0 Å². The minimum Gasteiger partial charge on any atom is -0.381 e. The smallest absolute Gasteiger partial charge is 0.224 e. The van der Waals surface area contributed by atoms with E-state index in [1.165, 1.54) is 6.92 Å². The first-order chi connectivity index (χ1) is 25.5. The SMILES string of the molecule is CCC(CSSCCNC(=O)C(CC)CSC1CCC1SCC(CC(=O)CCOCCC(C)=O)C(=O)NCCSSCC(CC)C(=O)NC)C(=O)NC. The van der Waals surface area contributed by atoms with E-state index in [9.17, 15) is 28.8 Å². The van der Waals surface area contributed by atoms with Crippen LogP contribution >= 0.6 is 66.7 Å². The van der Waals surface area contributed by atoms with Crippen LogP contribution in [0, 0.1) is 23.7 Å². The van der Waals surface area contributed by atoms with Gasteiger partial charge in [0.05, 0.1) is 19.1 Å². The summed E-state index contributed by atoms with van der Waals surface area (Å²) in [6, 6.07) is 0. The van der Waals surface area contributed by atoms with Gasteiger partial charge < -0.3 is 26.0 Å². The predicted octanol–water partition coefficient (Wildman–Crippen LogP) is 5.51. The topological polar surface area (TPSA) is 160 Å². The third-order valence-electron chi connectivity index (χ3n) is 8.90. The van der Waals surface area contributed by atoms with E-state index in [2.05, 4.69) is 21.3 Å². The van der Waals surface area contributed by atoms with Crippen molar-refractivity contribution in [3.05, 3.63) is 0 Å². The van der Waals surface area contributed by atoms with Crippen LogP contribution in [0.25, 0.3) is 0 Å².